The van der Waals surface area contributed by atoms with Crippen molar-refractivity contribution >= 4 is 0 Å². The standard InChI is InChI=1S/C5H4N3/c1-8-4-7-3-5(8)2-6/h3H,1H3. The highest BCUT2D eigenvalue weighted by Gasteiger charge is 1.91. The summed E-state index contributed by atoms with van der Waals surface area (Å²) in [4.78, 5) is 3.61. The van der Waals surface area contributed by atoms with Crippen LogP contribution in [0.4, 0.5) is 0 Å². The molecule has 0 unspecified atom stereocenters. The first-order valence-electron chi connectivity index (χ1n) is 2.14. The smallest absolute Gasteiger partial charge is 0.177 e. The van der Waals surface area contributed by atoms with E-state index in [1.807, 2.05) is 6.07 Å². The van der Waals surface area contributed by atoms with Crippen molar-refractivity contribution in [2.75, 3.05) is 0 Å². The van der Waals surface area contributed by atoms with Gasteiger partial charge in [-0.2, -0.15) is 5.26 Å². The summed E-state index contributed by atoms with van der Waals surface area (Å²) in [7, 11) is 1.73. The molecular formula is C5H4N3. The van der Waals surface area contributed by atoms with Crippen molar-refractivity contribution in [1.82, 2.24) is 9.55 Å². The normalized spacial score (nSPS) is 8.50. The number of hydrogen-bond acceptors (Lipinski definition) is 2. The van der Waals surface area contributed by atoms with Gasteiger partial charge in [0.15, 0.2) is 6.33 Å². The maximum atomic E-state index is 8.28. The lowest BCUT2D eigenvalue weighted by Crippen LogP contribution is -1.87. The van der Waals surface area contributed by atoms with E-state index in [2.05, 4.69) is 11.3 Å². The van der Waals surface area contributed by atoms with E-state index >= 15 is 0 Å². The minimum Gasteiger partial charge on any atom is -0.316 e. The first-order valence-corrected chi connectivity index (χ1v) is 2.14. The fourth-order valence-corrected chi connectivity index (χ4v) is 0.421. The number of nitrogens with zero attached hydrogens (tertiary/aromatic N) is 3. The molecule has 0 saturated heterocycles. The SMILES string of the molecule is Cn1[c]ncc1C#N. The van der Waals surface area contributed by atoms with Crippen LogP contribution in [0, 0.1) is 17.7 Å². The first-order chi connectivity index (χ1) is 3.84. The number of aryl methyl sites for hydroxylation is 1. The van der Waals surface area contributed by atoms with Crippen LogP contribution in [0.3, 0.4) is 0 Å². The van der Waals surface area contributed by atoms with Crippen molar-refractivity contribution in [1.29, 1.82) is 5.26 Å². The van der Waals surface area contributed by atoms with Crippen LogP contribution in [0.5, 0.6) is 0 Å². The average molecular weight is 106 g/mol. The van der Waals surface area contributed by atoms with Gasteiger partial charge in [0.05, 0.1) is 6.20 Å². The van der Waals surface area contributed by atoms with Crippen LogP contribution in [0.15, 0.2) is 6.20 Å². The van der Waals surface area contributed by atoms with Crippen LogP contribution in [0.1, 0.15) is 5.69 Å². The molecule has 0 aromatic carbocycles. The van der Waals surface area contributed by atoms with Gasteiger partial charge in [0.1, 0.15) is 11.8 Å². The van der Waals surface area contributed by atoms with Gasteiger partial charge in [-0.3, -0.25) is 0 Å². The average Bonchev–Trinajstić information content (AvgIpc) is 2.14. The molecule has 1 aromatic heterocycles. The summed E-state index contributed by atoms with van der Waals surface area (Å²) >= 11 is 0. The number of aromatic nitrogens is 2. The van der Waals surface area contributed by atoms with Gasteiger partial charge < -0.3 is 4.57 Å². The van der Waals surface area contributed by atoms with Crippen molar-refractivity contribution in [3.63, 3.8) is 0 Å². The second kappa shape index (κ2) is 1.66. The molecule has 0 aliphatic heterocycles. The zero-order chi connectivity index (χ0) is 5.98. The summed E-state index contributed by atoms with van der Waals surface area (Å²) in [5.74, 6) is 0. The van der Waals surface area contributed by atoms with E-state index < -0.39 is 0 Å². The Kier molecular flexibility index (Phi) is 1.01. The number of hydrogen-bond donors (Lipinski definition) is 0. The molecule has 3 heteroatoms. The minimum absolute atomic E-state index is 0.532. The fraction of sp³-hybridized carbons (Fsp3) is 0.200. The zero-order valence-electron chi connectivity index (χ0n) is 4.42. The summed E-state index contributed by atoms with van der Waals surface area (Å²) in [5.41, 5.74) is 0.532. The van der Waals surface area contributed by atoms with Gasteiger partial charge in [-0.25, -0.2) is 4.98 Å². The van der Waals surface area contributed by atoms with Crippen LogP contribution in [0.25, 0.3) is 0 Å². The lowest BCUT2D eigenvalue weighted by Gasteiger charge is -1.83. The maximum absolute atomic E-state index is 8.28. The highest BCUT2D eigenvalue weighted by Crippen LogP contribution is 1.89. The fourth-order valence-electron chi connectivity index (χ4n) is 0.421. The van der Waals surface area contributed by atoms with Gasteiger partial charge in [-0.05, 0) is 0 Å². The van der Waals surface area contributed by atoms with Gasteiger partial charge in [-0.15, -0.1) is 0 Å². The third-order valence-corrected chi connectivity index (χ3v) is 0.870. The molecule has 0 aliphatic carbocycles. The zero-order valence-corrected chi connectivity index (χ0v) is 4.42. The molecule has 1 heterocycles. The Morgan fingerprint density at radius 2 is 2.75 bits per heavy atom. The minimum atomic E-state index is 0.532. The lowest BCUT2D eigenvalue weighted by atomic mass is 10.5. The molecule has 0 atom stereocenters. The topological polar surface area (TPSA) is 41.6 Å². The van der Waals surface area contributed by atoms with Crippen LogP contribution in [0.2, 0.25) is 0 Å². The largest absolute Gasteiger partial charge is 0.316 e. The highest BCUT2D eigenvalue weighted by atomic mass is 15.0. The Bertz CT molecular complexity index is 218. The van der Waals surface area contributed by atoms with E-state index in [1.54, 1.807) is 11.6 Å². The molecule has 39 valence electrons. The van der Waals surface area contributed by atoms with Gasteiger partial charge in [0.2, 0.25) is 0 Å². The Balaban J connectivity index is 3.15. The Labute approximate surface area is 47.2 Å². The Hall–Kier alpha value is -1.30. The molecule has 3 nitrogen and oxygen atoms in total. The molecule has 1 radical (unpaired) electrons. The molecule has 8 heavy (non-hydrogen) atoms. The summed E-state index contributed by atoms with van der Waals surface area (Å²) in [6, 6.07) is 1.94. The molecule has 0 fully saturated rings. The predicted molar refractivity (Wildman–Crippen MR) is 26.8 cm³/mol. The van der Waals surface area contributed by atoms with E-state index in [4.69, 9.17) is 5.26 Å². The van der Waals surface area contributed by atoms with Crippen LogP contribution in [-0.4, -0.2) is 9.55 Å². The number of rotatable bonds is 0. The summed E-state index contributed by atoms with van der Waals surface area (Å²) in [6.45, 7) is 0. The van der Waals surface area contributed by atoms with Gasteiger partial charge in [0.25, 0.3) is 0 Å². The molecule has 0 N–H and O–H groups in total. The van der Waals surface area contributed by atoms with Crippen LogP contribution < -0.4 is 0 Å². The lowest BCUT2D eigenvalue weighted by molar-refractivity contribution is 0.886. The molecule has 0 spiro atoms. The van der Waals surface area contributed by atoms with Crippen molar-refractivity contribution in [2.45, 2.75) is 0 Å². The van der Waals surface area contributed by atoms with Crippen LogP contribution >= 0.6 is 0 Å². The third-order valence-electron chi connectivity index (χ3n) is 0.870. The van der Waals surface area contributed by atoms with E-state index in [0.717, 1.165) is 0 Å². The monoisotopic (exact) mass is 106 g/mol. The molecular weight excluding hydrogens is 102 g/mol. The van der Waals surface area contributed by atoms with Crippen molar-refractivity contribution in [3.8, 4) is 6.07 Å². The maximum Gasteiger partial charge on any atom is 0.177 e. The Morgan fingerprint density at radius 3 is 3.00 bits per heavy atom. The number of imidazole rings is 1. The highest BCUT2D eigenvalue weighted by molar-refractivity contribution is 5.15. The molecule has 0 bridgehead atoms. The van der Waals surface area contributed by atoms with Crippen molar-refractivity contribution in [3.05, 3.63) is 18.2 Å². The summed E-state index contributed by atoms with van der Waals surface area (Å²) in [5, 5.41) is 8.28. The predicted octanol–water partition coefficient (Wildman–Crippen LogP) is 0.0920. The second-order valence-corrected chi connectivity index (χ2v) is 1.41. The van der Waals surface area contributed by atoms with E-state index in [-0.39, 0.29) is 0 Å². The van der Waals surface area contributed by atoms with Crippen molar-refractivity contribution < 1.29 is 0 Å². The summed E-state index contributed by atoms with van der Waals surface area (Å²) in [6.07, 6.45) is 4.04. The Morgan fingerprint density at radius 1 is 2.00 bits per heavy atom. The van der Waals surface area contributed by atoms with Gasteiger partial charge in [-0.1, -0.05) is 0 Å². The quantitative estimate of drug-likeness (QED) is 0.470. The van der Waals surface area contributed by atoms with E-state index in [0.29, 0.717) is 5.69 Å². The molecule has 1 rings (SSSR count). The van der Waals surface area contributed by atoms with E-state index in [1.165, 1.54) is 6.20 Å². The van der Waals surface area contributed by atoms with Gasteiger partial charge >= 0.3 is 0 Å². The molecule has 0 aliphatic rings. The number of nitriles is 1. The molecule has 0 amide bonds. The molecule has 1 aromatic rings. The van der Waals surface area contributed by atoms with Gasteiger partial charge in [0, 0.05) is 7.05 Å². The second-order valence-electron chi connectivity index (χ2n) is 1.41. The van der Waals surface area contributed by atoms with E-state index in [9.17, 15) is 0 Å². The molecule has 0 saturated carbocycles. The third kappa shape index (κ3) is 0.562. The summed E-state index contributed by atoms with van der Waals surface area (Å²) < 4.78 is 1.54. The van der Waals surface area contributed by atoms with Crippen molar-refractivity contribution in [2.24, 2.45) is 7.05 Å². The first kappa shape index (κ1) is 4.85. The van der Waals surface area contributed by atoms with Crippen LogP contribution in [-0.2, 0) is 7.05 Å².